The van der Waals surface area contributed by atoms with Crippen LogP contribution in [0.4, 0.5) is 0 Å². The Labute approximate surface area is 127 Å². The molecule has 1 fully saturated rings. The summed E-state index contributed by atoms with van der Waals surface area (Å²) in [4.78, 5) is 0. The lowest BCUT2D eigenvalue weighted by Crippen LogP contribution is -2.41. The summed E-state index contributed by atoms with van der Waals surface area (Å²) >= 11 is 0. The zero-order valence-electron chi connectivity index (χ0n) is 13.0. The van der Waals surface area contributed by atoms with Gasteiger partial charge in [-0.3, -0.25) is 0 Å². The van der Waals surface area contributed by atoms with Crippen LogP contribution in [0.3, 0.4) is 0 Å². The third-order valence-electron chi connectivity index (χ3n) is 3.74. The number of ether oxygens (including phenoxy) is 2. The molecule has 1 aliphatic rings. The van der Waals surface area contributed by atoms with Crippen molar-refractivity contribution in [2.45, 2.75) is 69.9 Å². The highest BCUT2D eigenvalue weighted by Crippen LogP contribution is 2.20. The van der Waals surface area contributed by atoms with Gasteiger partial charge in [-0.1, -0.05) is 38.3 Å². The van der Waals surface area contributed by atoms with Crippen molar-refractivity contribution in [3.8, 4) is 0 Å². The normalized spacial score (nSPS) is 27.5. The van der Waals surface area contributed by atoms with Gasteiger partial charge in [-0.25, -0.2) is 0 Å². The first kappa shape index (κ1) is 18.6. The van der Waals surface area contributed by atoms with Gasteiger partial charge in [-0.2, -0.15) is 0 Å². The highest BCUT2D eigenvalue weighted by molar-refractivity contribution is 4.89. The molecule has 0 amide bonds. The van der Waals surface area contributed by atoms with E-state index in [0.29, 0.717) is 6.61 Å². The van der Waals surface area contributed by atoms with Crippen LogP contribution in [0.15, 0.2) is 12.2 Å². The van der Waals surface area contributed by atoms with Crippen LogP contribution in [0.1, 0.15) is 45.4 Å². The highest BCUT2D eigenvalue weighted by atomic mass is 16.6. The van der Waals surface area contributed by atoms with Crippen LogP contribution in [0, 0.1) is 0 Å². The van der Waals surface area contributed by atoms with E-state index in [-0.39, 0.29) is 6.61 Å². The van der Waals surface area contributed by atoms with Gasteiger partial charge in [-0.15, -0.1) is 0 Å². The molecule has 124 valence electrons. The molecule has 0 radical (unpaired) electrons. The lowest BCUT2D eigenvalue weighted by Gasteiger charge is -2.20. The minimum absolute atomic E-state index is 0.254. The minimum Gasteiger partial charge on any atom is -0.394 e. The number of hydrogen-bond donors (Lipinski definition) is 3. The van der Waals surface area contributed by atoms with Crippen molar-refractivity contribution in [2.24, 2.45) is 0 Å². The van der Waals surface area contributed by atoms with Gasteiger partial charge >= 0.3 is 0 Å². The third kappa shape index (κ3) is 6.89. The second kappa shape index (κ2) is 11.2. The van der Waals surface area contributed by atoms with Crippen LogP contribution < -0.4 is 0 Å². The van der Waals surface area contributed by atoms with Gasteiger partial charge in [0.1, 0.15) is 24.4 Å². The molecule has 1 aliphatic heterocycles. The van der Waals surface area contributed by atoms with Crippen LogP contribution in [0.5, 0.6) is 0 Å². The van der Waals surface area contributed by atoms with Gasteiger partial charge in [0.05, 0.1) is 19.8 Å². The Morgan fingerprint density at radius 3 is 2.71 bits per heavy atom. The van der Waals surface area contributed by atoms with E-state index in [4.69, 9.17) is 14.6 Å². The van der Waals surface area contributed by atoms with Crippen LogP contribution in [0.25, 0.3) is 0 Å². The smallest absolute Gasteiger partial charge is 0.114 e. The summed E-state index contributed by atoms with van der Waals surface area (Å²) in [5.74, 6) is 0. The quantitative estimate of drug-likeness (QED) is 0.397. The van der Waals surface area contributed by atoms with Crippen LogP contribution >= 0.6 is 0 Å². The number of aliphatic hydroxyl groups excluding tert-OH is 3. The Morgan fingerprint density at radius 1 is 1.24 bits per heavy atom. The predicted molar refractivity (Wildman–Crippen MR) is 81.1 cm³/mol. The van der Waals surface area contributed by atoms with Gasteiger partial charge < -0.3 is 24.8 Å². The third-order valence-corrected chi connectivity index (χ3v) is 3.74. The molecule has 1 heterocycles. The molecule has 5 nitrogen and oxygen atoms in total. The van der Waals surface area contributed by atoms with Gasteiger partial charge in [0.2, 0.25) is 0 Å². The molecule has 1 saturated heterocycles. The fourth-order valence-corrected chi connectivity index (χ4v) is 2.42. The van der Waals surface area contributed by atoms with Crippen molar-refractivity contribution < 1.29 is 24.8 Å². The molecule has 0 aliphatic carbocycles. The molecule has 0 saturated carbocycles. The summed E-state index contributed by atoms with van der Waals surface area (Å²) in [5.41, 5.74) is 0. The summed E-state index contributed by atoms with van der Waals surface area (Å²) < 4.78 is 10.8. The molecule has 0 spiro atoms. The largest absolute Gasteiger partial charge is 0.394 e. The van der Waals surface area contributed by atoms with Gasteiger partial charge in [-0.05, 0) is 19.3 Å². The van der Waals surface area contributed by atoms with E-state index in [1.54, 1.807) is 0 Å². The lowest BCUT2D eigenvalue weighted by atomic mass is 10.1. The van der Waals surface area contributed by atoms with Crippen molar-refractivity contribution in [3.63, 3.8) is 0 Å². The van der Waals surface area contributed by atoms with Crippen LogP contribution in [-0.2, 0) is 9.47 Å². The number of allylic oxidation sites excluding steroid dienone is 1. The van der Waals surface area contributed by atoms with Gasteiger partial charge in [0.15, 0.2) is 0 Å². The zero-order chi connectivity index (χ0) is 15.5. The van der Waals surface area contributed by atoms with E-state index in [9.17, 15) is 10.2 Å². The maximum Gasteiger partial charge on any atom is 0.114 e. The van der Waals surface area contributed by atoms with E-state index < -0.39 is 31.0 Å². The van der Waals surface area contributed by atoms with Crippen molar-refractivity contribution in [1.29, 1.82) is 0 Å². The lowest BCUT2D eigenvalue weighted by molar-refractivity contribution is -0.0726. The molecule has 0 bridgehead atoms. The fraction of sp³-hybridized carbons (Fsp3) is 0.875. The van der Waals surface area contributed by atoms with Crippen molar-refractivity contribution in [3.05, 3.63) is 12.2 Å². The van der Waals surface area contributed by atoms with Gasteiger partial charge in [0.25, 0.3) is 0 Å². The van der Waals surface area contributed by atoms with Gasteiger partial charge in [0, 0.05) is 0 Å². The SMILES string of the molecule is CCCCCC/C=C/CCO[C@H]1CO[C@@H]([C@H](O)CO)[C@H]1O. The molecule has 0 aromatic heterocycles. The monoisotopic (exact) mass is 302 g/mol. The first-order chi connectivity index (χ1) is 10.2. The fourth-order valence-electron chi connectivity index (χ4n) is 2.42. The predicted octanol–water partition coefficient (Wildman–Crippen LogP) is 1.40. The topological polar surface area (TPSA) is 79.2 Å². The van der Waals surface area contributed by atoms with E-state index >= 15 is 0 Å². The van der Waals surface area contributed by atoms with Crippen molar-refractivity contribution in [1.82, 2.24) is 0 Å². The Kier molecular flexibility index (Phi) is 9.87. The average molecular weight is 302 g/mol. The highest BCUT2D eigenvalue weighted by Gasteiger charge is 2.40. The maximum atomic E-state index is 9.93. The number of hydrogen-bond acceptors (Lipinski definition) is 5. The van der Waals surface area contributed by atoms with Crippen LogP contribution in [0.2, 0.25) is 0 Å². The first-order valence-corrected chi connectivity index (χ1v) is 8.05. The standard InChI is InChI=1S/C16H30O5/c1-2-3-4-5-6-7-8-9-10-20-14-12-21-16(15(14)19)13(18)11-17/h7-8,13-19H,2-6,9-12H2,1H3/b8-7+/t13-,14+,15+,16+/m1/s1. The Hall–Kier alpha value is -0.460. The van der Waals surface area contributed by atoms with E-state index in [1.807, 2.05) is 0 Å². The number of rotatable bonds is 11. The molecule has 4 atom stereocenters. The second-order valence-electron chi connectivity index (χ2n) is 5.56. The average Bonchev–Trinajstić information content (AvgIpc) is 2.86. The zero-order valence-corrected chi connectivity index (χ0v) is 13.0. The second-order valence-corrected chi connectivity index (χ2v) is 5.56. The van der Waals surface area contributed by atoms with Crippen LogP contribution in [-0.4, -0.2) is 59.6 Å². The first-order valence-electron chi connectivity index (χ1n) is 8.05. The summed E-state index contributed by atoms with van der Waals surface area (Å²) in [5, 5.41) is 28.3. The minimum atomic E-state index is -1.06. The number of aliphatic hydroxyl groups is 3. The Balaban J connectivity index is 2.07. The molecule has 1 rings (SSSR count). The molecular formula is C16H30O5. The van der Waals surface area contributed by atoms with E-state index in [0.717, 1.165) is 12.8 Å². The molecule has 0 aromatic carbocycles. The molecule has 5 heteroatoms. The Morgan fingerprint density at radius 2 is 2.00 bits per heavy atom. The molecule has 0 unspecified atom stereocenters. The maximum absolute atomic E-state index is 9.93. The molecule has 0 aromatic rings. The van der Waals surface area contributed by atoms with E-state index in [1.165, 1.54) is 25.7 Å². The number of unbranched alkanes of at least 4 members (excludes halogenated alkanes) is 4. The molecule has 3 N–H and O–H groups in total. The van der Waals surface area contributed by atoms with E-state index in [2.05, 4.69) is 19.1 Å². The summed E-state index contributed by atoms with van der Waals surface area (Å²) in [6.45, 7) is 2.57. The molecular weight excluding hydrogens is 272 g/mol. The molecule has 21 heavy (non-hydrogen) atoms. The van der Waals surface area contributed by atoms with Crippen molar-refractivity contribution in [2.75, 3.05) is 19.8 Å². The Bertz CT molecular complexity index is 282. The summed E-state index contributed by atoms with van der Waals surface area (Å²) in [7, 11) is 0. The summed E-state index contributed by atoms with van der Waals surface area (Å²) in [6.07, 6.45) is 8.17. The summed E-state index contributed by atoms with van der Waals surface area (Å²) in [6, 6.07) is 0. The van der Waals surface area contributed by atoms with Crippen molar-refractivity contribution >= 4 is 0 Å².